The fourth-order valence-corrected chi connectivity index (χ4v) is 6.04. The zero-order valence-electron chi connectivity index (χ0n) is 24.1. The first-order valence-electron chi connectivity index (χ1n) is 13.8. The Bertz CT molecular complexity index is 979. The summed E-state index contributed by atoms with van der Waals surface area (Å²) < 4.78 is 5.52. The summed E-state index contributed by atoms with van der Waals surface area (Å²) in [4.78, 5) is 8.81. The lowest BCUT2D eigenvalue weighted by molar-refractivity contribution is -0.106. The standard InChI is InChI=1S/C25H32O.C7H14.C2H4O/c1-7-20-13-23-14-22(16(3)11-18(5)26-8-2)15-25(23)19(6)24(20)12-17(4)21-9-10-21;1-6-4-7(2,3)5-6;1-2-3/h7,12-13,21-22H,1,3,5,8-11,14-15H2,2,4,6H3;6H,4-5H2,1-3H3;2H,1H3/b17-12+;;. The van der Waals surface area contributed by atoms with E-state index in [0.717, 1.165) is 43.1 Å². The van der Waals surface area contributed by atoms with Crippen LogP contribution in [0.25, 0.3) is 12.2 Å². The highest BCUT2D eigenvalue weighted by Gasteiger charge is 2.32. The molecule has 1 aromatic rings. The van der Waals surface area contributed by atoms with Crippen LogP contribution in [0.3, 0.4) is 0 Å². The van der Waals surface area contributed by atoms with E-state index < -0.39 is 0 Å². The minimum atomic E-state index is 0.488. The van der Waals surface area contributed by atoms with E-state index >= 15 is 0 Å². The Labute approximate surface area is 221 Å². The number of ether oxygens (including phenoxy) is 1. The van der Waals surface area contributed by atoms with Crippen molar-refractivity contribution in [2.45, 2.75) is 93.4 Å². The molecule has 0 saturated heterocycles. The summed E-state index contributed by atoms with van der Waals surface area (Å²) in [6.45, 7) is 28.1. The van der Waals surface area contributed by atoms with Crippen LogP contribution >= 0.6 is 0 Å². The molecule has 1 aromatic carbocycles. The van der Waals surface area contributed by atoms with E-state index in [9.17, 15) is 0 Å². The fraction of sp³-hybridized carbons (Fsp3) is 0.559. The molecule has 0 bridgehead atoms. The topological polar surface area (TPSA) is 26.3 Å². The smallest absolute Gasteiger partial charge is 0.116 e. The highest BCUT2D eigenvalue weighted by atomic mass is 16.5. The molecule has 0 amide bonds. The monoisotopic (exact) mass is 490 g/mol. The Kier molecular flexibility index (Phi) is 11.0. The van der Waals surface area contributed by atoms with Crippen LogP contribution in [0.4, 0.5) is 0 Å². The first-order chi connectivity index (χ1) is 17.0. The largest absolute Gasteiger partial charge is 0.499 e. The second kappa shape index (κ2) is 13.3. The Morgan fingerprint density at radius 3 is 2.22 bits per heavy atom. The average Bonchev–Trinajstić information content (AvgIpc) is 3.54. The summed E-state index contributed by atoms with van der Waals surface area (Å²) in [5, 5.41) is 0. The van der Waals surface area contributed by atoms with Crippen LogP contribution in [0.1, 0.15) is 101 Å². The van der Waals surface area contributed by atoms with Crippen molar-refractivity contribution in [2.24, 2.45) is 23.2 Å². The second-order valence-electron chi connectivity index (χ2n) is 11.8. The van der Waals surface area contributed by atoms with Crippen LogP contribution in [0, 0.1) is 30.1 Å². The van der Waals surface area contributed by atoms with Crippen LogP contribution in [0.15, 0.2) is 42.7 Å². The SMILES string of the molecule is C=Cc1cc2c(c(C)c1/C=C(\C)C1CC1)CC(C(=C)CC(=C)OCC)C2.CC1CC(C)(C)C1.CC=O. The number of aldehydes is 1. The van der Waals surface area contributed by atoms with Crippen molar-refractivity contribution in [1.82, 2.24) is 0 Å². The van der Waals surface area contributed by atoms with Gasteiger partial charge in [0.2, 0.25) is 0 Å². The predicted molar refractivity (Wildman–Crippen MR) is 157 cm³/mol. The molecule has 0 spiro atoms. The maximum atomic E-state index is 8.81. The van der Waals surface area contributed by atoms with Gasteiger partial charge in [-0.15, -0.1) is 0 Å². The molecule has 2 saturated carbocycles. The van der Waals surface area contributed by atoms with Crippen molar-refractivity contribution in [2.75, 3.05) is 6.61 Å². The molecule has 3 aliphatic carbocycles. The van der Waals surface area contributed by atoms with Crippen LogP contribution in [-0.2, 0) is 22.4 Å². The molecule has 198 valence electrons. The first-order valence-corrected chi connectivity index (χ1v) is 13.8. The van der Waals surface area contributed by atoms with E-state index in [1.807, 2.05) is 13.0 Å². The minimum absolute atomic E-state index is 0.488. The highest BCUT2D eigenvalue weighted by Crippen LogP contribution is 2.44. The summed E-state index contributed by atoms with van der Waals surface area (Å²) in [6.07, 6.45) is 13.7. The van der Waals surface area contributed by atoms with Gasteiger partial charge in [-0.05, 0) is 117 Å². The van der Waals surface area contributed by atoms with Gasteiger partial charge in [-0.25, -0.2) is 0 Å². The Morgan fingerprint density at radius 1 is 1.17 bits per heavy atom. The second-order valence-corrected chi connectivity index (χ2v) is 11.8. The quantitative estimate of drug-likeness (QED) is 0.206. The fourth-order valence-electron chi connectivity index (χ4n) is 6.04. The Hall–Kier alpha value is -2.35. The van der Waals surface area contributed by atoms with E-state index in [0.29, 0.717) is 17.9 Å². The van der Waals surface area contributed by atoms with E-state index in [4.69, 9.17) is 9.53 Å². The third-order valence-electron chi connectivity index (χ3n) is 7.77. The van der Waals surface area contributed by atoms with Crippen LogP contribution in [0.5, 0.6) is 0 Å². The number of benzene rings is 1. The lowest BCUT2D eigenvalue weighted by Gasteiger charge is -2.40. The van der Waals surface area contributed by atoms with Gasteiger partial charge in [0.15, 0.2) is 0 Å². The molecular formula is C34H50O2. The van der Waals surface area contributed by atoms with E-state index in [1.54, 1.807) is 0 Å². The number of carbonyl (C=O) groups is 1. The van der Waals surface area contributed by atoms with Gasteiger partial charge in [0.05, 0.1) is 12.4 Å². The number of hydrogen-bond donors (Lipinski definition) is 0. The number of allylic oxidation sites excluding steroid dienone is 2. The van der Waals surface area contributed by atoms with Crippen molar-refractivity contribution < 1.29 is 9.53 Å². The molecule has 36 heavy (non-hydrogen) atoms. The third kappa shape index (κ3) is 8.36. The van der Waals surface area contributed by atoms with Crippen molar-refractivity contribution in [3.8, 4) is 0 Å². The third-order valence-corrected chi connectivity index (χ3v) is 7.77. The van der Waals surface area contributed by atoms with Crippen molar-refractivity contribution in [3.63, 3.8) is 0 Å². The summed E-state index contributed by atoms with van der Waals surface area (Å²) in [5.41, 5.74) is 10.5. The van der Waals surface area contributed by atoms with Crippen molar-refractivity contribution in [3.05, 3.63) is 70.5 Å². The van der Waals surface area contributed by atoms with Gasteiger partial charge in [0.1, 0.15) is 6.29 Å². The molecule has 2 fully saturated rings. The van der Waals surface area contributed by atoms with E-state index in [2.05, 4.69) is 66.5 Å². The Balaban J connectivity index is 0.000000383. The summed E-state index contributed by atoms with van der Waals surface area (Å²) in [7, 11) is 0. The number of rotatable bonds is 8. The molecule has 1 atom stereocenters. The lowest BCUT2D eigenvalue weighted by atomic mass is 9.65. The molecule has 0 heterocycles. The van der Waals surface area contributed by atoms with Crippen LogP contribution in [0.2, 0.25) is 0 Å². The van der Waals surface area contributed by atoms with Crippen molar-refractivity contribution in [1.29, 1.82) is 0 Å². The maximum Gasteiger partial charge on any atom is 0.116 e. The number of fused-ring (bicyclic) bond motifs is 1. The first kappa shape index (κ1) is 29.9. The molecule has 0 radical (unpaired) electrons. The molecule has 2 nitrogen and oxygen atoms in total. The highest BCUT2D eigenvalue weighted by molar-refractivity contribution is 5.71. The van der Waals surface area contributed by atoms with Gasteiger partial charge < -0.3 is 9.53 Å². The van der Waals surface area contributed by atoms with Gasteiger partial charge in [-0.2, -0.15) is 0 Å². The summed E-state index contributed by atoms with van der Waals surface area (Å²) >= 11 is 0. The Morgan fingerprint density at radius 2 is 1.78 bits per heavy atom. The lowest BCUT2D eigenvalue weighted by Crippen LogP contribution is -2.29. The molecule has 2 heteroatoms. The molecule has 0 aliphatic heterocycles. The van der Waals surface area contributed by atoms with Gasteiger partial charge in [-0.3, -0.25) is 0 Å². The van der Waals surface area contributed by atoms with Gasteiger partial charge in [0.25, 0.3) is 0 Å². The summed E-state index contributed by atoms with van der Waals surface area (Å²) in [6, 6.07) is 2.35. The zero-order valence-corrected chi connectivity index (χ0v) is 24.1. The normalized spacial score (nSPS) is 20.0. The summed E-state index contributed by atoms with van der Waals surface area (Å²) in [5.74, 6) is 3.13. The van der Waals surface area contributed by atoms with Crippen LogP contribution in [-0.4, -0.2) is 12.9 Å². The molecule has 0 N–H and O–H groups in total. The maximum absolute atomic E-state index is 8.81. The number of carbonyl (C=O) groups excluding carboxylic acids is 1. The number of hydrogen-bond acceptors (Lipinski definition) is 2. The van der Waals surface area contributed by atoms with E-state index in [-0.39, 0.29) is 0 Å². The zero-order chi connectivity index (χ0) is 27.0. The molecular weight excluding hydrogens is 440 g/mol. The van der Waals surface area contributed by atoms with Gasteiger partial charge in [0, 0.05) is 6.42 Å². The molecule has 1 unspecified atom stereocenters. The van der Waals surface area contributed by atoms with Gasteiger partial charge in [-0.1, -0.05) is 69.9 Å². The van der Waals surface area contributed by atoms with E-state index in [1.165, 1.54) is 71.6 Å². The predicted octanol–water partition coefficient (Wildman–Crippen LogP) is 9.31. The van der Waals surface area contributed by atoms with Crippen molar-refractivity contribution >= 4 is 18.4 Å². The molecule has 0 aromatic heterocycles. The van der Waals surface area contributed by atoms with Gasteiger partial charge >= 0.3 is 0 Å². The molecule has 3 aliphatic rings. The average molecular weight is 491 g/mol. The van der Waals surface area contributed by atoms with Crippen LogP contribution < -0.4 is 0 Å². The molecule has 4 rings (SSSR count). The minimum Gasteiger partial charge on any atom is -0.499 e.